The summed E-state index contributed by atoms with van der Waals surface area (Å²) in [5.41, 5.74) is 4.64. The van der Waals surface area contributed by atoms with Crippen molar-refractivity contribution in [2.24, 2.45) is 5.10 Å². The number of para-hydroxylation sites is 1. The molecule has 2 N–H and O–H groups in total. The Kier molecular flexibility index (Phi) is 6.13. The first-order chi connectivity index (χ1) is 14.3. The molecule has 0 spiro atoms. The number of benzene rings is 2. The maximum Gasteiger partial charge on any atom is 0.250 e. The fourth-order valence-corrected chi connectivity index (χ4v) is 2.98. The first-order valence-electron chi connectivity index (χ1n) is 9.22. The van der Waals surface area contributed by atoms with Crippen LogP contribution in [0.1, 0.15) is 5.56 Å². The number of morpholine rings is 1. The zero-order valence-electron chi connectivity index (χ0n) is 15.6. The molecule has 9 heteroatoms. The number of ether oxygens (including phenoxy) is 1. The summed E-state index contributed by atoms with van der Waals surface area (Å²) in [6.07, 6.45) is 1.66. The normalized spacial score (nSPS) is 14.2. The van der Waals surface area contributed by atoms with E-state index in [0.717, 1.165) is 24.3 Å². The molecule has 29 heavy (non-hydrogen) atoms. The van der Waals surface area contributed by atoms with E-state index in [-0.39, 0.29) is 0 Å². The van der Waals surface area contributed by atoms with Crippen LogP contribution in [0, 0.1) is 0 Å². The van der Waals surface area contributed by atoms with E-state index in [1.54, 1.807) is 6.21 Å². The van der Waals surface area contributed by atoms with E-state index in [1.165, 1.54) is 0 Å². The number of nitrogens with zero attached hydrogens (tertiary/aromatic N) is 5. The van der Waals surface area contributed by atoms with Gasteiger partial charge in [0.15, 0.2) is 0 Å². The Balaban J connectivity index is 1.56. The molecule has 0 radical (unpaired) electrons. The zero-order valence-corrected chi connectivity index (χ0v) is 16.4. The molecule has 1 aliphatic heterocycles. The van der Waals surface area contributed by atoms with Gasteiger partial charge < -0.3 is 15.0 Å². The van der Waals surface area contributed by atoms with Crippen molar-refractivity contribution in [1.29, 1.82) is 0 Å². The maximum atomic E-state index is 6.01. The molecule has 0 atom stereocenters. The van der Waals surface area contributed by atoms with Crippen molar-refractivity contribution in [1.82, 2.24) is 15.0 Å². The molecule has 0 amide bonds. The molecular weight excluding hydrogens is 390 g/mol. The molecule has 0 bridgehead atoms. The van der Waals surface area contributed by atoms with Crippen molar-refractivity contribution in [2.75, 3.05) is 41.9 Å². The van der Waals surface area contributed by atoms with Crippen LogP contribution in [-0.2, 0) is 4.74 Å². The van der Waals surface area contributed by atoms with E-state index < -0.39 is 0 Å². The summed E-state index contributed by atoms with van der Waals surface area (Å²) in [5, 5.41) is 8.09. The number of halogens is 1. The minimum absolute atomic E-state index is 0.346. The highest BCUT2D eigenvalue weighted by Crippen LogP contribution is 2.18. The van der Waals surface area contributed by atoms with Gasteiger partial charge in [-0.3, -0.25) is 0 Å². The van der Waals surface area contributed by atoms with Gasteiger partial charge in [0, 0.05) is 23.8 Å². The second-order valence-corrected chi connectivity index (χ2v) is 6.73. The van der Waals surface area contributed by atoms with Crippen molar-refractivity contribution < 1.29 is 4.74 Å². The summed E-state index contributed by atoms with van der Waals surface area (Å²) < 4.78 is 5.42. The molecule has 0 aliphatic carbocycles. The average molecular weight is 410 g/mol. The fourth-order valence-electron chi connectivity index (χ4n) is 2.78. The van der Waals surface area contributed by atoms with E-state index >= 15 is 0 Å². The third-order valence-electron chi connectivity index (χ3n) is 4.17. The number of anilines is 4. The Morgan fingerprint density at radius 3 is 2.55 bits per heavy atom. The number of hydrogen-bond donors (Lipinski definition) is 2. The Hall–Kier alpha value is -3.23. The van der Waals surface area contributed by atoms with Crippen molar-refractivity contribution >= 4 is 41.3 Å². The van der Waals surface area contributed by atoms with Gasteiger partial charge in [-0.15, -0.1) is 0 Å². The Morgan fingerprint density at radius 2 is 1.76 bits per heavy atom. The highest BCUT2D eigenvalue weighted by atomic mass is 35.5. The third-order valence-corrected chi connectivity index (χ3v) is 4.41. The van der Waals surface area contributed by atoms with Gasteiger partial charge in [0.2, 0.25) is 17.8 Å². The summed E-state index contributed by atoms with van der Waals surface area (Å²) in [6.45, 7) is 2.73. The molecule has 2 aromatic carbocycles. The van der Waals surface area contributed by atoms with Crippen LogP contribution in [0.3, 0.4) is 0 Å². The lowest BCUT2D eigenvalue weighted by Crippen LogP contribution is -2.37. The van der Waals surface area contributed by atoms with Crippen LogP contribution in [0.2, 0.25) is 5.02 Å². The molecule has 2 heterocycles. The van der Waals surface area contributed by atoms with Gasteiger partial charge in [-0.05, 0) is 29.8 Å². The van der Waals surface area contributed by atoms with Gasteiger partial charge in [0.25, 0.3) is 0 Å². The highest BCUT2D eigenvalue weighted by molar-refractivity contribution is 6.30. The Labute approximate surface area is 173 Å². The van der Waals surface area contributed by atoms with E-state index in [2.05, 4.69) is 35.7 Å². The van der Waals surface area contributed by atoms with Crippen LogP contribution >= 0.6 is 11.6 Å². The summed E-state index contributed by atoms with van der Waals surface area (Å²) in [4.78, 5) is 15.6. The largest absolute Gasteiger partial charge is 0.378 e. The van der Waals surface area contributed by atoms with E-state index in [9.17, 15) is 0 Å². The Morgan fingerprint density at radius 1 is 0.966 bits per heavy atom. The Bertz CT molecular complexity index is 978. The number of nitrogens with one attached hydrogen (secondary N) is 2. The van der Waals surface area contributed by atoms with Crippen molar-refractivity contribution in [3.8, 4) is 0 Å². The second kappa shape index (κ2) is 9.31. The van der Waals surface area contributed by atoms with Crippen LogP contribution in [0.25, 0.3) is 0 Å². The van der Waals surface area contributed by atoms with Gasteiger partial charge in [-0.2, -0.15) is 20.1 Å². The second-order valence-electron chi connectivity index (χ2n) is 6.30. The van der Waals surface area contributed by atoms with Crippen molar-refractivity contribution in [3.63, 3.8) is 0 Å². The van der Waals surface area contributed by atoms with Gasteiger partial charge in [0.05, 0.1) is 19.4 Å². The standard InChI is InChI=1S/C20H20ClN7O/c21-16-6-4-5-15(13-16)14-22-27-19-24-18(23-17-7-2-1-3-8-17)25-20(26-19)28-9-11-29-12-10-28/h1-8,13-14H,9-12H2,(H2,23,24,25,26,27)/b22-14+. The molecule has 0 unspecified atom stereocenters. The van der Waals surface area contributed by atoms with Gasteiger partial charge in [-0.25, -0.2) is 5.43 Å². The number of hydrazone groups is 1. The molecule has 8 nitrogen and oxygen atoms in total. The summed E-state index contributed by atoms with van der Waals surface area (Å²) in [5.74, 6) is 1.36. The van der Waals surface area contributed by atoms with E-state index in [0.29, 0.717) is 36.1 Å². The van der Waals surface area contributed by atoms with Gasteiger partial charge in [0.1, 0.15) is 0 Å². The monoisotopic (exact) mass is 409 g/mol. The topological polar surface area (TPSA) is 87.6 Å². The van der Waals surface area contributed by atoms with Crippen LogP contribution in [-0.4, -0.2) is 47.5 Å². The minimum Gasteiger partial charge on any atom is -0.378 e. The van der Waals surface area contributed by atoms with Gasteiger partial charge in [-0.1, -0.05) is 41.9 Å². The molecule has 1 aliphatic rings. The smallest absolute Gasteiger partial charge is 0.250 e. The average Bonchev–Trinajstić information content (AvgIpc) is 2.75. The van der Waals surface area contributed by atoms with Crippen LogP contribution in [0.4, 0.5) is 23.5 Å². The van der Waals surface area contributed by atoms with Crippen LogP contribution < -0.4 is 15.6 Å². The SMILES string of the molecule is Clc1cccc(/C=N/Nc2nc(Nc3ccccc3)nc(N3CCOCC3)n2)c1. The molecule has 3 aromatic rings. The summed E-state index contributed by atoms with van der Waals surface area (Å²) >= 11 is 6.01. The third kappa shape index (κ3) is 5.40. The van der Waals surface area contributed by atoms with E-state index in [4.69, 9.17) is 16.3 Å². The van der Waals surface area contributed by atoms with Crippen molar-refractivity contribution in [3.05, 3.63) is 65.2 Å². The van der Waals surface area contributed by atoms with E-state index in [1.807, 2.05) is 54.6 Å². The minimum atomic E-state index is 0.346. The number of rotatable bonds is 6. The molecule has 1 fully saturated rings. The van der Waals surface area contributed by atoms with Gasteiger partial charge >= 0.3 is 0 Å². The number of hydrogen-bond acceptors (Lipinski definition) is 8. The highest BCUT2D eigenvalue weighted by Gasteiger charge is 2.16. The van der Waals surface area contributed by atoms with Crippen LogP contribution in [0.15, 0.2) is 59.7 Å². The predicted octanol–water partition coefficient (Wildman–Crippen LogP) is 3.55. The quantitative estimate of drug-likeness (QED) is 0.475. The molecule has 148 valence electrons. The first kappa shape index (κ1) is 19.1. The number of aromatic nitrogens is 3. The first-order valence-corrected chi connectivity index (χ1v) is 9.59. The summed E-state index contributed by atoms with van der Waals surface area (Å²) in [6, 6.07) is 17.1. The predicted molar refractivity (Wildman–Crippen MR) is 115 cm³/mol. The lowest BCUT2D eigenvalue weighted by molar-refractivity contribution is 0.122. The zero-order chi connectivity index (χ0) is 19.9. The molecule has 0 saturated carbocycles. The molecular formula is C20H20ClN7O. The molecule has 1 aromatic heterocycles. The molecule has 1 saturated heterocycles. The molecule has 4 rings (SSSR count). The van der Waals surface area contributed by atoms with Crippen LogP contribution in [0.5, 0.6) is 0 Å². The van der Waals surface area contributed by atoms with Crippen molar-refractivity contribution in [2.45, 2.75) is 0 Å². The lowest BCUT2D eigenvalue weighted by Gasteiger charge is -2.27. The maximum absolute atomic E-state index is 6.01. The fraction of sp³-hybridized carbons (Fsp3) is 0.200. The summed E-state index contributed by atoms with van der Waals surface area (Å²) in [7, 11) is 0. The lowest BCUT2D eigenvalue weighted by atomic mass is 10.2.